The number of halogens is 2. The third kappa shape index (κ3) is 3.90. The van der Waals surface area contributed by atoms with Gasteiger partial charge in [0, 0.05) is 13.0 Å². The molecule has 0 atom stereocenters. The molecule has 10 heteroatoms. The first-order chi connectivity index (χ1) is 11.7. The molecule has 0 unspecified atom stereocenters. The first kappa shape index (κ1) is 17.6. The van der Waals surface area contributed by atoms with Gasteiger partial charge in [-0.2, -0.15) is 0 Å². The van der Waals surface area contributed by atoms with Crippen molar-refractivity contribution >= 4 is 46.3 Å². The largest absolute Gasteiger partial charge is 0.586 e. The zero-order valence-electron chi connectivity index (χ0n) is 12.5. The molecule has 0 radical (unpaired) electrons. The summed E-state index contributed by atoms with van der Waals surface area (Å²) in [5, 5.41) is 8.65. The molecule has 2 heterocycles. The van der Waals surface area contributed by atoms with Crippen molar-refractivity contribution < 1.29 is 33.0 Å². The molecule has 6 nitrogen and oxygen atoms in total. The molecule has 1 aromatic carbocycles. The van der Waals surface area contributed by atoms with E-state index in [1.54, 1.807) is 0 Å². The van der Waals surface area contributed by atoms with Gasteiger partial charge < -0.3 is 14.6 Å². The predicted molar refractivity (Wildman–Crippen MR) is 89.4 cm³/mol. The molecule has 0 spiro atoms. The highest BCUT2D eigenvalue weighted by Crippen LogP contribution is 2.42. The zero-order valence-corrected chi connectivity index (χ0v) is 14.2. The highest BCUT2D eigenvalue weighted by molar-refractivity contribution is 8.26. The number of thiocarbonyl (C=S) groups is 1. The van der Waals surface area contributed by atoms with Crippen molar-refractivity contribution in [3.63, 3.8) is 0 Å². The summed E-state index contributed by atoms with van der Waals surface area (Å²) in [4.78, 5) is 24.6. The van der Waals surface area contributed by atoms with Crippen molar-refractivity contribution in [2.75, 3.05) is 6.54 Å². The molecule has 0 aromatic heterocycles. The van der Waals surface area contributed by atoms with E-state index in [9.17, 15) is 18.4 Å². The van der Waals surface area contributed by atoms with Crippen LogP contribution < -0.4 is 9.47 Å². The van der Waals surface area contributed by atoms with E-state index < -0.39 is 12.3 Å². The van der Waals surface area contributed by atoms with E-state index in [-0.39, 0.29) is 36.8 Å². The third-order valence-electron chi connectivity index (χ3n) is 3.37. The maximum absolute atomic E-state index is 13.0. The van der Waals surface area contributed by atoms with Crippen LogP contribution >= 0.6 is 24.0 Å². The lowest BCUT2D eigenvalue weighted by Crippen LogP contribution is -2.29. The van der Waals surface area contributed by atoms with Crippen molar-refractivity contribution in [3.8, 4) is 11.5 Å². The average molecular weight is 387 g/mol. The number of carbonyl (C=O) groups excluding carboxylic acids is 1. The van der Waals surface area contributed by atoms with Gasteiger partial charge in [0.2, 0.25) is 0 Å². The molecule has 1 fully saturated rings. The van der Waals surface area contributed by atoms with E-state index in [0.717, 1.165) is 11.8 Å². The number of thioether (sulfide) groups is 1. The Labute approximate surface area is 150 Å². The van der Waals surface area contributed by atoms with Gasteiger partial charge in [0.15, 0.2) is 11.5 Å². The molecule has 1 N–H and O–H groups in total. The number of fused-ring (bicyclic) bond motifs is 1. The average Bonchev–Trinajstić information content (AvgIpc) is 2.95. The van der Waals surface area contributed by atoms with Gasteiger partial charge in [-0.1, -0.05) is 30.0 Å². The smallest absolute Gasteiger partial charge is 0.481 e. The van der Waals surface area contributed by atoms with E-state index >= 15 is 0 Å². The quantitative estimate of drug-likeness (QED) is 0.615. The van der Waals surface area contributed by atoms with Crippen molar-refractivity contribution in [2.24, 2.45) is 0 Å². The Morgan fingerprint density at radius 3 is 2.80 bits per heavy atom. The summed E-state index contributed by atoms with van der Waals surface area (Å²) in [6, 6.07) is 4.18. The summed E-state index contributed by atoms with van der Waals surface area (Å²) in [6.45, 7) is 0.210. The molecule has 0 bridgehead atoms. The van der Waals surface area contributed by atoms with Crippen molar-refractivity contribution in [1.82, 2.24) is 4.90 Å². The summed E-state index contributed by atoms with van der Waals surface area (Å²) in [5.41, 5.74) is 0.478. The molecule has 132 valence electrons. The number of alkyl halides is 2. The summed E-state index contributed by atoms with van der Waals surface area (Å²) in [5.74, 6) is -1.49. The van der Waals surface area contributed by atoms with Gasteiger partial charge in [0.05, 0.1) is 4.91 Å². The second kappa shape index (κ2) is 6.60. The number of benzene rings is 1. The monoisotopic (exact) mass is 387 g/mol. The van der Waals surface area contributed by atoms with Crippen LogP contribution in [-0.2, 0) is 9.59 Å². The minimum absolute atomic E-state index is 0.0630. The summed E-state index contributed by atoms with van der Waals surface area (Å²) in [7, 11) is 0. The van der Waals surface area contributed by atoms with Crippen LogP contribution in [0.1, 0.15) is 18.4 Å². The second-order valence-electron chi connectivity index (χ2n) is 5.20. The Bertz CT molecular complexity index is 796. The van der Waals surface area contributed by atoms with Crippen LogP contribution in [0.15, 0.2) is 23.1 Å². The molecule has 3 rings (SSSR count). The van der Waals surface area contributed by atoms with Crippen molar-refractivity contribution in [2.45, 2.75) is 19.1 Å². The maximum atomic E-state index is 13.0. The van der Waals surface area contributed by atoms with Gasteiger partial charge in [-0.15, -0.1) is 8.78 Å². The first-order valence-electron chi connectivity index (χ1n) is 7.12. The Morgan fingerprint density at radius 1 is 1.36 bits per heavy atom. The van der Waals surface area contributed by atoms with Gasteiger partial charge in [0.25, 0.3) is 5.91 Å². The fraction of sp³-hybridized carbons (Fsp3) is 0.267. The van der Waals surface area contributed by atoms with Crippen LogP contribution in [0.3, 0.4) is 0 Å². The van der Waals surface area contributed by atoms with Gasteiger partial charge in [-0.3, -0.25) is 14.5 Å². The number of hydrogen-bond acceptors (Lipinski definition) is 6. The lowest BCUT2D eigenvalue weighted by molar-refractivity contribution is -0.286. The van der Waals surface area contributed by atoms with Gasteiger partial charge >= 0.3 is 12.3 Å². The van der Waals surface area contributed by atoms with E-state index in [2.05, 4.69) is 9.47 Å². The molecule has 25 heavy (non-hydrogen) atoms. The highest BCUT2D eigenvalue weighted by Gasteiger charge is 2.43. The van der Waals surface area contributed by atoms with Crippen molar-refractivity contribution in [3.05, 3.63) is 28.7 Å². The van der Waals surface area contributed by atoms with Crippen LogP contribution in [-0.4, -0.2) is 39.0 Å². The lowest BCUT2D eigenvalue weighted by atomic mass is 10.2. The fourth-order valence-electron chi connectivity index (χ4n) is 2.29. The number of carbonyl (C=O) groups is 2. The molecule has 0 aliphatic carbocycles. The molecule has 2 aliphatic rings. The Kier molecular flexibility index (Phi) is 4.65. The number of carboxylic acids is 1. The molecule has 0 saturated carbocycles. The second-order valence-corrected chi connectivity index (χ2v) is 6.88. The molecular formula is C15H11F2NO5S2. The summed E-state index contributed by atoms with van der Waals surface area (Å²) in [6.07, 6.45) is -1.97. The SMILES string of the molecule is O=C(O)CCCN1C(=O)/C(=C\c2ccc3c(c2)OC(F)(F)O3)SC1=S. The Balaban J connectivity index is 1.73. The lowest BCUT2D eigenvalue weighted by Gasteiger charge is -2.13. The molecular weight excluding hydrogens is 376 g/mol. The Hall–Kier alpha value is -2.20. The van der Waals surface area contributed by atoms with Gasteiger partial charge in [0.1, 0.15) is 4.32 Å². The minimum atomic E-state index is -3.70. The van der Waals surface area contributed by atoms with Crippen molar-refractivity contribution in [1.29, 1.82) is 0 Å². The standard InChI is InChI=1S/C15H11F2NO5S2/c16-15(17)22-9-4-3-8(6-10(9)23-15)7-11-13(21)18(14(24)25-11)5-1-2-12(19)20/h3-4,6-7H,1-2,5H2,(H,19,20)/b11-7+. The van der Waals surface area contributed by atoms with E-state index in [1.165, 1.54) is 29.2 Å². The van der Waals surface area contributed by atoms with Gasteiger partial charge in [-0.05, 0) is 30.2 Å². The third-order valence-corrected chi connectivity index (χ3v) is 4.75. The molecule has 2 aliphatic heterocycles. The predicted octanol–water partition coefficient (Wildman–Crippen LogP) is 3.07. The number of amides is 1. The first-order valence-corrected chi connectivity index (χ1v) is 8.35. The van der Waals surface area contributed by atoms with Crippen LogP contribution in [0.4, 0.5) is 8.78 Å². The van der Waals surface area contributed by atoms with Crippen LogP contribution in [0.2, 0.25) is 0 Å². The van der Waals surface area contributed by atoms with Crippen LogP contribution in [0, 0.1) is 0 Å². The summed E-state index contributed by atoms with van der Waals surface area (Å²) >= 11 is 6.21. The zero-order chi connectivity index (χ0) is 18.2. The van der Waals surface area contributed by atoms with Crippen LogP contribution in [0.5, 0.6) is 11.5 Å². The van der Waals surface area contributed by atoms with Gasteiger partial charge in [-0.25, -0.2) is 0 Å². The minimum Gasteiger partial charge on any atom is -0.481 e. The molecule has 1 aromatic rings. The topological polar surface area (TPSA) is 76.1 Å². The number of carboxylic acid groups (broad SMARTS) is 1. The number of hydrogen-bond donors (Lipinski definition) is 1. The van der Waals surface area contributed by atoms with E-state index in [0.29, 0.717) is 14.8 Å². The normalized spacial score (nSPS) is 19.8. The number of ether oxygens (including phenoxy) is 2. The van der Waals surface area contributed by atoms with E-state index in [1.807, 2.05) is 0 Å². The highest BCUT2D eigenvalue weighted by atomic mass is 32.2. The molecule has 1 saturated heterocycles. The summed E-state index contributed by atoms with van der Waals surface area (Å²) < 4.78 is 35.1. The molecule has 1 amide bonds. The van der Waals surface area contributed by atoms with E-state index in [4.69, 9.17) is 17.3 Å². The Morgan fingerprint density at radius 2 is 2.08 bits per heavy atom. The number of rotatable bonds is 5. The number of nitrogens with zero attached hydrogens (tertiary/aromatic N) is 1. The number of aliphatic carboxylic acids is 1. The maximum Gasteiger partial charge on any atom is 0.586 e. The van der Waals surface area contributed by atoms with Crippen LogP contribution in [0.25, 0.3) is 6.08 Å². The fourth-order valence-corrected chi connectivity index (χ4v) is 3.60.